The fourth-order valence-corrected chi connectivity index (χ4v) is 3.54. The van der Waals surface area contributed by atoms with E-state index in [4.69, 9.17) is 4.74 Å². The highest BCUT2D eigenvalue weighted by molar-refractivity contribution is 6.05. The molecule has 1 N–H and O–H groups in total. The first-order valence-electron chi connectivity index (χ1n) is 8.07. The number of likely N-dealkylation sites (tertiary alicyclic amines) is 1. The van der Waals surface area contributed by atoms with Crippen molar-refractivity contribution < 1.29 is 14.3 Å². The summed E-state index contributed by atoms with van der Waals surface area (Å²) in [5.41, 5.74) is -0.311. The van der Waals surface area contributed by atoms with Gasteiger partial charge in [0, 0.05) is 18.7 Å². The smallest absolute Gasteiger partial charge is 0.247 e. The summed E-state index contributed by atoms with van der Waals surface area (Å²) in [7, 11) is 1.64. The first kappa shape index (κ1) is 16.4. The lowest BCUT2D eigenvalue weighted by Gasteiger charge is -2.29. The van der Waals surface area contributed by atoms with Crippen molar-refractivity contribution in [2.45, 2.75) is 76.4 Å². The minimum atomic E-state index is -0.397. The van der Waals surface area contributed by atoms with E-state index >= 15 is 0 Å². The Morgan fingerprint density at radius 1 is 1.19 bits per heavy atom. The summed E-state index contributed by atoms with van der Waals surface area (Å²) in [5, 5.41) is 3.28. The van der Waals surface area contributed by atoms with Gasteiger partial charge in [-0.15, -0.1) is 0 Å². The molecule has 120 valence electrons. The molecule has 0 radical (unpaired) electrons. The number of amides is 2. The molecule has 0 aromatic rings. The lowest BCUT2D eigenvalue weighted by atomic mass is 10.0. The second-order valence-electron chi connectivity index (χ2n) is 6.97. The summed E-state index contributed by atoms with van der Waals surface area (Å²) in [6, 6.07) is -0.282. The van der Waals surface area contributed by atoms with Crippen LogP contribution >= 0.6 is 0 Å². The van der Waals surface area contributed by atoms with E-state index in [2.05, 4.69) is 5.32 Å². The van der Waals surface area contributed by atoms with Crippen molar-refractivity contribution in [3.8, 4) is 0 Å². The number of carbonyl (C=O) groups is 2. The van der Waals surface area contributed by atoms with Crippen LogP contribution in [0.4, 0.5) is 0 Å². The van der Waals surface area contributed by atoms with Gasteiger partial charge in [0.1, 0.15) is 0 Å². The largest absolute Gasteiger partial charge is 0.383 e. The second-order valence-corrected chi connectivity index (χ2v) is 6.97. The van der Waals surface area contributed by atoms with Crippen molar-refractivity contribution >= 4 is 11.8 Å². The van der Waals surface area contributed by atoms with Crippen molar-refractivity contribution in [1.82, 2.24) is 10.2 Å². The molecule has 1 saturated carbocycles. The highest BCUT2D eigenvalue weighted by Crippen LogP contribution is 2.27. The number of methoxy groups -OCH3 is 1. The number of rotatable bonds is 5. The van der Waals surface area contributed by atoms with Gasteiger partial charge in [0.25, 0.3) is 0 Å². The van der Waals surface area contributed by atoms with Crippen LogP contribution in [-0.2, 0) is 14.3 Å². The van der Waals surface area contributed by atoms with E-state index in [0.717, 1.165) is 25.7 Å². The molecule has 5 nitrogen and oxygen atoms in total. The van der Waals surface area contributed by atoms with Crippen molar-refractivity contribution in [1.29, 1.82) is 0 Å². The van der Waals surface area contributed by atoms with E-state index in [0.29, 0.717) is 6.61 Å². The van der Waals surface area contributed by atoms with Gasteiger partial charge in [0.15, 0.2) is 0 Å². The Morgan fingerprint density at radius 2 is 1.81 bits per heavy atom. The van der Waals surface area contributed by atoms with Gasteiger partial charge in [-0.3, -0.25) is 19.8 Å². The van der Waals surface area contributed by atoms with Crippen molar-refractivity contribution in [3.05, 3.63) is 0 Å². The molecule has 1 aliphatic carbocycles. The minimum Gasteiger partial charge on any atom is -0.383 e. The van der Waals surface area contributed by atoms with Crippen LogP contribution in [0.2, 0.25) is 0 Å². The normalized spacial score (nSPS) is 25.5. The summed E-state index contributed by atoms with van der Waals surface area (Å²) in [6.07, 6.45) is 6.88. The van der Waals surface area contributed by atoms with Gasteiger partial charge in [-0.2, -0.15) is 0 Å². The predicted molar refractivity (Wildman–Crippen MR) is 80.8 cm³/mol. The number of carbonyl (C=O) groups excluding carboxylic acids is 2. The van der Waals surface area contributed by atoms with Crippen molar-refractivity contribution in [2.24, 2.45) is 0 Å². The third-order valence-electron chi connectivity index (χ3n) is 4.44. The van der Waals surface area contributed by atoms with Gasteiger partial charge in [-0.1, -0.05) is 25.7 Å². The molecule has 1 aliphatic heterocycles. The summed E-state index contributed by atoms with van der Waals surface area (Å²) >= 11 is 0. The predicted octanol–water partition coefficient (Wildman–Crippen LogP) is 1.85. The van der Waals surface area contributed by atoms with Crippen LogP contribution in [-0.4, -0.2) is 48.1 Å². The van der Waals surface area contributed by atoms with E-state index < -0.39 is 6.04 Å². The molecule has 0 bridgehead atoms. The molecule has 5 heteroatoms. The van der Waals surface area contributed by atoms with Crippen LogP contribution < -0.4 is 5.32 Å². The number of ether oxygens (including phenoxy) is 1. The molecule has 21 heavy (non-hydrogen) atoms. The fourth-order valence-electron chi connectivity index (χ4n) is 3.54. The van der Waals surface area contributed by atoms with E-state index in [1.165, 1.54) is 12.8 Å². The van der Waals surface area contributed by atoms with Crippen LogP contribution in [0, 0.1) is 0 Å². The van der Waals surface area contributed by atoms with E-state index in [1.54, 1.807) is 12.0 Å². The monoisotopic (exact) mass is 296 g/mol. The van der Waals surface area contributed by atoms with E-state index in [9.17, 15) is 9.59 Å². The van der Waals surface area contributed by atoms with Crippen LogP contribution in [0.5, 0.6) is 0 Å². The maximum Gasteiger partial charge on any atom is 0.247 e. The standard InChI is InChI=1S/C16H28N2O3/c1-16(2,11-21-3)17-13-10-14(19)18(15(13)20)12-8-6-4-5-7-9-12/h12-13,17H,4-11H2,1-3H3. The number of hydrogen-bond acceptors (Lipinski definition) is 4. The Bertz CT molecular complexity index is 387. The van der Waals surface area contributed by atoms with Crippen LogP contribution in [0.15, 0.2) is 0 Å². The average molecular weight is 296 g/mol. The molecule has 2 aliphatic rings. The van der Waals surface area contributed by atoms with Gasteiger partial charge in [0.2, 0.25) is 11.8 Å². The molecular weight excluding hydrogens is 268 g/mol. The topological polar surface area (TPSA) is 58.6 Å². The van der Waals surface area contributed by atoms with Crippen molar-refractivity contribution in [2.75, 3.05) is 13.7 Å². The molecular formula is C16H28N2O3. The zero-order valence-corrected chi connectivity index (χ0v) is 13.5. The van der Waals surface area contributed by atoms with Crippen LogP contribution in [0.1, 0.15) is 58.8 Å². The quantitative estimate of drug-likeness (QED) is 0.621. The van der Waals surface area contributed by atoms with Crippen LogP contribution in [0.3, 0.4) is 0 Å². The van der Waals surface area contributed by atoms with Gasteiger partial charge < -0.3 is 4.74 Å². The minimum absolute atomic E-state index is 0.0161. The molecule has 2 fully saturated rings. The van der Waals surface area contributed by atoms with Gasteiger partial charge >= 0.3 is 0 Å². The lowest BCUT2D eigenvalue weighted by molar-refractivity contribution is -0.142. The SMILES string of the molecule is COCC(C)(C)NC1CC(=O)N(C2CCCCCC2)C1=O. The Labute approximate surface area is 127 Å². The highest BCUT2D eigenvalue weighted by atomic mass is 16.5. The third-order valence-corrected chi connectivity index (χ3v) is 4.44. The Kier molecular flexibility index (Phi) is 5.38. The lowest BCUT2D eigenvalue weighted by Crippen LogP contribution is -2.52. The molecule has 2 rings (SSSR count). The molecule has 2 amide bonds. The maximum atomic E-state index is 12.6. The first-order chi connectivity index (χ1) is 9.94. The Morgan fingerprint density at radius 3 is 2.38 bits per heavy atom. The maximum absolute atomic E-state index is 12.6. The van der Waals surface area contributed by atoms with E-state index in [1.807, 2.05) is 13.8 Å². The molecule has 0 spiro atoms. The Balaban J connectivity index is 2.02. The zero-order chi connectivity index (χ0) is 15.5. The molecule has 1 unspecified atom stereocenters. The van der Waals surface area contributed by atoms with E-state index in [-0.39, 0.29) is 29.8 Å². The third kappa shape index (κ3) is 4.04. The van der Waals surface area contributed by atoms with Gasteiger partial charge in [-0.05, 0) is 26.7 Å². The summed E-state index contributed by atoms with van der Waals surface area (Å²) < 4.78 is 5.17. The number of imide groups is 1. The summed E-state index contributed by atoms with van der Waals surface area (Å²) in [5.74, 6) is -0.0614. The summed E-state index contributed by atoms with van der Waals surface area (Å²) in [6.45, 7) is 4.49. The van der Waals surface area contributed by atoms with Crippen molar-refractivity contribution in [3.63, 3.8) is 0 Å². The Hall–Kier alpha value is -0.940. The summed E-state index contributed by atoms with van der Waals surface area (Å²) in [4.78, 5) is 26.4. The second kappa shape index (κ2) is 6.88. The number of nitrogens with one attached hydrogen (secondary N) is 1. The average Bonchev–Trinajstić information content (AvgIpc) is 2.60. The molecule has 1 saturated heterocycles. The van der Waals surface area contributed by atoms with Gasteiger partial charge in [0.05, 0.1) is 19.1 Å². The first-order valence-corrected chi connectivity index (χ1v) is 8.07. The van der Waals surface area contributed by atoms with Crippen LogP contribution in [0.25, 0.3) is 0 Å². The number of hydrogen-bond donors (Lipinski definition) is 1. The zero-order valence-electron chi connectivity index (χ0n) is 13.5. The molecule has 1 atom stereocenters. The molecule has 1 heterocycles. The molecule has 0 aromatic heterocycles. The highest BCUT2D eigenvalue weighted by Gasteiger charge is 2.43. The molecule has 0 aromatic carbocycles. The van der Waals surface area contributed by atoms with Gasteiger partial charge in [-0.25, -0.2) is 0 Å². The fraction of sp³-hybridized carbons (Fsp3) is 0.875. The number of nitrogens with zero attached hydrogens (tertiary/aromatic N) is 1.